The van der Waals surface area contributed by atoms with Crippen molar-refractivity contribution in [1.29, 1.82) is 0 Å². The second kappa shape index (κ2) is 8.90. The number of nitrogens with one attached hydrogen (secondary N) is 1. The predicted molar refractivity (Wildman–Crippen MR) is 130 cm³/mol. The van der Waals surface area contributed by atoms with Gasteiger partial charge in [0.2, 0.25) is 0 Å². The molecule has 7 nitrogen and oxygen atoms in total. The molecule has 6 rings (SSSR count). The van der Waals surface area contributed by atoms with Crippen molar-refractivity contribution in [2.45, 2.75) is 24.9 Å². The first-order chi connectivity index (χ1) is 17.1. The van der Waals surface area contributed by atoms with Gasteiger partial charge in [0.15, 0.2) is 11.5 Å². The highest BCUT2D eigenvalue weighted by Gasteiger charge is 2.30. The van der Waals surface area contributed by atoms with E-state index in [0.29, 0.717) is 42.6 Å². The first-order valence-electron chi connectivity index (χ1n) is 11.9. The Kier molecular flexibility index (Phi) is 5.58. The summed E-state index contributed by atoms with van der Waals surface area (Å²) in [4.78, 5) is 6.98. The van der Waals surface area contributed by atoms with Gasteiger partial charge in [-0.3, -0.25) is 0 Å². The molecular weight excluding hydrogens is 450 g/mol. The maximum Gasteiger partial charge on any atom is 0.167 e. The van der Waals surface area contributed by atoms with Crippen LogP contribution in [0.5, 0.6) is 0 Å². The monoisotopic (exact) mass is 476 g/mol. The molecule has 0 radical (unpaired) electrons. The molecule has 9 heteroatoms. The summed E-state index contributed by atoms with van der Waals surface area (Å²) in [6, 6.07) is 13.3. The van der Waals surface area contributed by atoms with Gasteiger partial charge in [0, 0.05) is 24.8 Å². The van der Waals surface area contributed by atoms with Crippen LogP contribution in [0.3, 0.4) is 0 Å². The lowest BCUT2D eigenvalue weighted by molar-refractivity contribution is 0.0770. The lowest BCUT2D eigenvalue weighted by Crippen LogP contribution is -2.34. The van der Waals surface area contributed by atoms with E-state index in [1.165, 1.54) is 12.1 Å². The molecule has 2 unspecified atom stereocenters. The molecule has 2 atom stereocenters. The molecule has 180 valence electrons. The van der Waals surface area contributed by atoms with Gasteiger partial charge in [-0.05, 0) is 48.2 Å². The molecule has 2 fully saturated rings. The Balaban J connectivity index is 1.44. The van der Waals surface area contributed by atoms with Crippen LogP contribution < -0.4 is 16.0 Å². The van der Waals surface area contributed by atoms with Gasteiger partial charge in [0.25, 0.3) is 0 Å². The zero-order valence-electron chi connectivity index (χ0n) is 19.1. The van der Waals surface area contributed by atoms with Crippen LogP contribution in [0.15, 0.2) is 54.7 Å². The van der Waals surface area contributed by atoms with E-state index in [-0.39, 0.29) is 12.1 Å². The predicted octanol–water partition coefficient (Wildman–Crippen LogP) is 4.26. The topological polar surface area (TPSA) is 80.7 Å². The highest BCUT2D eigenvalue weighted by atomic mass is 19.1. The molecule has 35 heavy (non-hydrogen) atoms. The van der Waals surface area contributed by atoms with Crippen LogP contribution in [-0.4, -0.2) is 40.9 Å². The molecule has 4 heterocycles. The molecule has 0 saturated carbocycles. The third-order valence-corrected chi connectivity index (χ3v) is 6.89. The molecule has 2 aromatic heterocycles. The molecule has 2 saturated heterocycles. The summed E-state index contributed by atoms with van der Waals surface area (Å²) in [5.74, 6) is 0.212. The summed E-state index contributed by atoms with van der Waals surface area (Å²) in [5, 5.41) is 8.01. The van der Waals surface area contributed by atoms with Crippen LogP contribution >= 0.6 is 0 Å². The van der Waals surface area contributed by atoms with Crippen molar-refractivity contribution in [1.82, 2.24) is 19.9 Å². The van der Waals surface area contributed by atoms with E-state index in [1.54, 1.807) is 4.52 Å². The molecule has 2 aliphatic heterocycles. The fourth-order valence-corrected chi connectivity index (χ4v) is 5.28. The van der Waals surface area contributed by atoms with Crippen LogP contribution in [0, 0.1) is 11.6 Å². The summed E-state index contributed by atoms with van der Waals surface area (Å²) < 4.78 is 35.9. The van der Waals surface area contributed by atoms with Gasteiger partial charge < -0.3 is 20.7 Å². The van der Waals surface area contributed by atoms with E-state index in [9.17, 15) is 8.78 Å². The summed E-state index contributed by atoms with van der Waals surface area (Å²) in [6.07, 6.45) is 3.40. The van der Waals surface area contributed by atoms with E-state index in [0.717, 1.165) is 42.1 Å². The highest BCUT2D eigenvalue weighted by Crippen LogP contribution is 2.39. The van der Waals surface area contributed by atoms with Crippen LogP contribution in [0.2, 0.25) is 0 Å². The Hall–Kier alpha value is -3.56. The average Bonchev–Trinajstić information content (AvgIpc) is 3.49. The van der Waals surface area contributed by atoms with E-state index in [4.69, 9.17) is 15.5 Å². The number of halogens is 2. The fraction of sp³-hybridized carbons (Fsp3) is 0.308. The maximum absolute atomic E-state index is 14.6. The van der Waals surface area contributed by atoms with E-state index >= 15 is 0 Å². The zero-order chi connectivity index (χ0) is 23.9. The summed E-state index contributed by atoms with van der Waals surface area (Å²) >= 11 is 0. The Morgan fingerprint density at radius 2 is 1.97 bits per heavy atom. The number of morpholine rings is 1. The van der Waals surface area contributed by atoms with Gasteiger partial charge in [0.05, 0.1) is 30.9 Å². The minimum absolute atomic E-state index is 0.0383. The van der Waals surface area contributed by atoms with E-state index in [1.807, 2.05) is 35.4 Å². The Morgan fingerprint density at radius 3 is 2.83 bits per heavy atom. The maximum atomic E-state index is 14.6. The minimum Gasteiger partial charge on any atom is -0.382 e. The number of aromatic nitrogens is 3. The standard InChI is InChI=1S/C26H26F2N6O/c27-16-7-8-20(28)19(14-16)22-6-3-11-33(22)23-9-12-34-26(31-23)24(25(29)32-34)18-5-2-1-4-17(18)21-15-35-13-10-30-21/h1-2,4-5,7-9,12,14,21-22,30H,3,6,10-11,13,15H2,(H2,29,32). The van der Waals surface area contributed by atoms with E-state index < -0.39 is 11.6 Å². The van der Waals surface area contributed by atoms with Crippen LogP contribution in [-0.2, 0) is 4.74 Å². The van der Waals surface area contributed by atoms with Gasteiger partial charge in [-0.15, -0.1) is 5.10 Å². The van der Waals surface area contributed by atoms with Crippen molar-refractivity contribution in [2.75, 3.05) is 36.9 Å². The summed E-state index contributed by atoms with van der Waals surface area (Å²) in [6.45, 7) is 2.73. The van der Waals surface area contributed by atoms with Gasteiger partial charge in [-0.2, -0.15) is 0 Å². The smallest absolute Gasteiger partial charge is 0.167 e. The normalized spacial score (nSPS) is 20.6. The second-order valence-electron chi connectivity index (χ2n) is 9.00. The van der Waals surface area contributed by atoms with Gasteiger partial charge in [-0.25, -0.2) is 18.3 Å². The number of fused-ring (bicyclic) bond motifs is 1. The molecule has 0 spiro atoms. The van der Waals surface area contributed by atoms with Crippen molar-refractivity contribution in [3.63, 3.8) is 0 Å². The van der Waals surface area contributed by atoms with E-state index in [2.05, 4.69) is 16.5 Å². The number of rotatable bonds is 4. The lowest BCUT2D eigenvalue weighted by atomic mass is 9.95. The molecule has 3 N–H and O–H groups in total. The van der Waals surface area contributed by atoms with Crippen molar-refractivity contribution in [3.8, 4) is 11.1 Å². The molecule has 0 bridgehead atoms. The third-order valence-electron chi connectivity index (χ3n) is 6.89. The number of anilines is 2. The van der Waals surface area contributed by atoms with Crippen molar-refractivity contribution in [2.24, 2.45) is 0 Å². The first-order valence-corrected chi connectivity index (χ1v) is 11.9. The number of nitrogens with zero attached hydrogens (tertiary/aromatic N) is 4. The third kappa shape index (κ3) is 3.90. The number of hydrogen-bond acceptors (Lipinski definition) is 6. The Bertz CT molecular complexity index is 1380. The SMILES string of the molecule is Nc1nn2ccc(N3CCCC3c3cc(F)ccc3F)nc2c1-c1ccccc1C1COCCN1. The summed E-state index contributed by atoms with van der Waals surface area (Å²) in [7, 11) is 0. The Labute approximate surface area is 201 Å². The first kappa shape index (κ1) is 21.9. The van der Waals surface area contributed by atoms with Crippen LogP contribution in [0.25, 0.3) is 16.8 Å². The molecule has 0 amide bonds. The number of benzene rings is 2. The average molecular weight is 477 g/mol. The number of ether oxygens (including phenoxy) is 1. The van der Waals surface area contributed by atoms with Crippen LogP contribution in [0.4, 0.5) is 20.4 Å². The molecule has 2 aromatic carbocycles. The van der Waals surface area contributed by atoms with Crippen molar-refractivity contribution >= 4 is 17.3 Å². The van der Waals surface area contributed by atoms with Crippen LogP contribution in [0.1, 0.15) is 36.1 Å². The zero-order valence-corrected chi connectivity index (χ0v) is 19.1. The highest BCUT2D eigenvalue weighted by molar-refractivity contribution is 5.88. The fourth-order valence-electron chi connectivity index (χ4n) is 5.28. The molecular formula is C26H26F2N6O. The number of nitrogens with two attached hydrogens (primary N) is 1. The largest absolute Gasteiger partial charge is 0.382 e. The molecule has 0 aliphatic carbocycles. The van der Waals surface area contributed by atoms with Gasteiger partial charge >= 0.3 is 0 Å². The Morgan fingerprint density at radius 1 is 1.09 bits per heavy atom. The lowest BCUT2D eigenvalue weighted by Gasteiger charge is -2.27. The summed E-state index contributed by atoms with van der Waals surface area (Å²) in [5.41, 5.74) is 10.2. The van der Waals surface area contributed by atoms with Gasteiger partial charge in [-0.1, -0.05) is 24.3 Å². The molecule has 4 aromatic rings. The minimum atomic E-state index is -0.445. The second-order valence-corrected chi connectivity index (χ2v) is 9.00. The molecule has 2 aliphatic rings. The van der Waals surface area contributed by atoms with Crippen molar-refractivity contribution in [3.05, 3.63) is 77.5 Å². The van der Waals surface area contributed by atoms with Crippen molar-refractivity contribution < 1.29 is 13.5 Å². The quantitative estimate of drug-likeness (QED) is 0.458. The number of hydrogen-bond donors (Lipinski definition) is 2. The number of nitrogen functional groups attached to an aromatic ring is 1. The van der Waals surface area contributed by atoms with Gasteiger partial charge in [0.1, 0.15) is 17.5 Å².